The highest BCUT2D eigenvalue weighted by Crippen LogP contribution is 2.29. The first-order chi connectivity index (χ1) is 12.0. The minimum atomic E-state index is -3.85. The summed E-state index contributed by atoms with van der Waals surface area (Å²) in [6.45, 7) is -0.339. The summed E-state index contributed by atoms with van der Waals surface area (Å²) in [7, 11) is -3.85. The highest BCUT2D eigenvalue weighted by molar-refractivity contribution is 7.99. The van der Waals surface area contributed by atoms with Crippen LogP contribution in [-0.2, 0) is 25.3 Å². The van der Waals surface area contributed by atoms with E-state index in [1.807, 2.05) is 17.5 Å². The van der Waals surface area contributed by atoms with Gasteiger partial charge in [-0.2, -0.15) is 0 Å². The second-order valence-electron chi connectivity index (χ2n) is 5.17. The first-order valence-corrected chi connectivity index (χ1v) is 10.9. The number of carbonyl (C=O) groups excluding carboxylic acids is 2. The topological polar surface area (TPSA) is 80.8 Å². The Morgan fingerprint density at radius 2 is 2.00 bits per heavy atom. The van der Waals surface area contributed by atoms with Crippen LogP contribution in [0.2, 0.25) is 0 Å². The second kappa shape index (κ2) is 7.59. The van der Waals surface area contributed by atoms with Crippen LogP contribution >= 0.6 is 23.1 Å². The standard InChI is InChI=1S/C16H15NO5S3/c18-15(11-23-10-12-4-3-9-24-12)22-8-7-17-16(19)13-5-1-2-6-14(13)25(17,20)21/h1-6,9H,7-8,10-11H2. The summed E-state index contributed by atoms with van der Waals surface area (Å²) < 4.78 is 30.5. The Kier molecular flexibility index (Phi) is 5.45. The lowest BCUT2D eigenvalue weighted by atomic mass is 10.2. The molecule has 3 rings (SSSR count). The molecule has 0 aliphatic carbocycles. The van der Waals surface area contributed by atoms with Gasteiger partial charge in [-0.15, -0.1) is 23.1 Å². The van der Waals surface area contributed by atoms with Crippen LogP contribution in [0.25, 0.3) is 0 Å². The third-order valence-corrected chi connectivity index (χ3v) is 7.37. The Balaban J connectivity index is 1.48. The monoisotopic (exact) mass is 397 g/mol. The molecule has 132 valence electrons. The van der Waals surface area contributed by atoms with Gasteiger partial charge in [-0.3, -0.25) is 9.59 Å². The van der Waals surface area contributed by atoms with Crippen molar-refractivity contribution in [1.82, 2.24) is 4.31 Å². The van der Waals surface area contributed by atoms with Crippen LogP contribution in [0.3, 0.4) is 0 Å². The minimum Gasteiger partial charge on any atom is -0.463 e. The molecule has 0 radical (unpaired) electrons. The normalized spacial score (nSPS) is 15.2. The highest BCUT2D eigenvalue weighted by Gasteiger charge is 2.40. The van der Waals surface area contributed by atoms with Gasteiger partial charge in [0.05, 0.1) is 17.9 Å². The van der Waals surface area contributed by atoms with Crippen LogP contribution in [0, 0.1) is 0 Å². The van der Waals surface area contributed by atoms with Crippen molar-refractivity contribution in [3.8, 4) is 0 Å². The number of rotatable bonds is 7. The van der Waals surface area contributed by atoms with E-state index in [0.717, 1.165) is 10.1 Å². The molecule has 0 N–H and O–H groups in total. The molecule has 1 aliphatic heterocycles. The first-order valence-electron chi connectivity index (χ1n) is 7.42. The van der Waals surface area contributed by atoms with Crippen molar-refractivity contribution in [3.05, 3.63) is 52.2 Å². The molecule has 25 heavy (non-hydrogen) atoms. The molecule has 2 aromatic rings. The molecule has 9 heteroatoms. The van der Waals surface area contributed by atoms with Gasteiger partial charge in [-0.05, 0) is 23.6 Å². The lowest BCUT2D eigenvalue weighted by molar-refractivity contribution is -0.140. The second-order valence-corrected chi connectivity index (χ2v) is 9.02. The largest absolute Gasteiger partial charge is 0.463 e. The highest BCUT2D eigenvalue weighted by atomic mass is 32.2. The lowest BCUT2D eigenvalue weighted by Gasteiger charge is -2.14. The fourth-order valence-corrected chi connectivity index (χ4v) is 5.58. The molecule has 6 nitrogen and oxygen atoms in total. The van der Waals surface area contributed by atoms with E-state index in [1.165, 1.54) is 28.8 Å². The van der Waals surface area contributed by atoms with Gasteiger partial charge in [0, 0.05) is 10.6 Å². The van der Waals surface area contributed by atoms with Crippen molar-refractivity contribution in [2.24, 2.45) is 0 Å². The predicted octanol–water partition coefficient (Wildman–Crippen LogP) is 2.37. The molecule has 0 fully saturated rings. The van der Waals surface area contributed by atoms with Gasteiger partial charge in [0.1, 0.15) is 11.5 Å². The number of thiophene rings is 1. The Labute approximate surface area is 153 Å². The van der Waals surface area contributed by atoms with Crippen molar-refractivity contribution < 1.29 is 22.7 Å². The number of sulfonamides is 1. The van der Waals surface area contributed by atoms with E-state index in [9.17, 15) is 18.0 Å². The molecule has 1 aromatic heterocycles. The lowest BCUT2D eigenvalue weighted by Crippen LogP contribution is -2.33. The number of benzene rings is 1. The third-order valence-electron chi connectivity index (χ3n) is 3.51. The summed E-state index contributed by atoms with van der Waals surface area (Å²) >= 11 is 3.05. The maximum Gasteiger partial charge on any atom is 0.315 e. The third kappa shape index (κ3) is 3.88. The molecule has 0 spiro atoms. The summed E-state index contributed by atoms with van der Waals surface area (Å²) in [5, 5.41) is 1.97. The van der Waals surface area contributed by atoms with Gasteiger partial charge in [-0.1, -0.05) is 18.2 Å². The molecule has 0 saturated heterocycles. The smallest absolute Gasteiger partial charge is 0.315 e. The van der Waals surface area contributed by atoms with E-state index in [0.29, 0.717) is 0 Å². The Hall–Kier alpha value is -1.84. The van der Waals surface area contributed by atoms with E-state index in [-0.39, 0.29) is 29.4 Å². The van der Waals surface area contributed by atoms with E-state index in [2.05, 4.69) is 0 Å². The SMILES string of the molecule is O=C(CSCc1cccs1)OCCN1C(=O)c2ccccc2S1(=O)=O. The zero-order valence-electron chi connectivity index (χ0n) is 13.1. The molecule has 1 aromatic carbocycles. The Bertz CT molecular complexity index is 877. The summed E-state index contributed by atoms with van der Waals surface area (Å²) in [6.07, 6.45) is 0. The van der Waals surface area contributed by atoms with Crippen molar-refractivity contribution in [2.45, 2.75) is 10.6 Å². The van der Waals surface area contributed by atoms with E-state index < -0.39 is 21.9 Å². The fraction of sp³-hybridized carbons (Fsp3) is 0.250. The zero-order chi connectivity index (χ0) is 17.9. The number of amides is 1. The molecule has 1 amide bonds. The van der Waals surface area contributed by atoms with Crippen LogP contribution < -0.4 is 0 Å². The zero-order valence-corrected chi connectivity index (χ0v) is 15.5. The van der Waals surface area contributed by atoms with Crippen molar-refractivity contribution in [1.29, 1.82) is 0 Å². The van der Waals surface area contributed by atoms with E-state index in [4.69, 9.17) is 4.74 Å². The average Bonchev–Trinajstić information content (AvgIpc) is 3.17. The van der Waals surface area contributed by atoms with Gasteiger partial charge >= 0.3 is 5.97 Å². The van der Waals surface area contributed by atoms with Crippen LogP contribution in [-0.4, -0.2) is 43.5 Å². The average molecular weight is 397 g/mol. The summed E-state index contributed by atoms with van der Waals surface area (Å²) in [4.78, 5) is 25.1. The van der Waals surface area contributed by atoms with Crippen LogP contribution in [0.4, 0.5) is 0 Å². The Morgan fingerprint density at radius 1 is 1.20 bits per heavy atom. The van der Waals surface area contributed by atoms with Crippen LogP contribution in [0.15, 0.2) is 46.7 Å². The number of nitrogens with zero attached hydrogens (tertiary/aromatic N) is 1. The number of hydrogen-bond donors (Lipinski definition) is 0. The first kappa shape index (κ1) is 18.0. The van der Waals surface area contributed by atoms with Gasteiger partial charge in [0.15, 0.2) is 0 Å². The van der Waals surface area contributed by atoms with Gasteiger partial charge in [-0.25, -0.2) is 12.7 Å². The molecular weight excluding hydrogens is 382 g/mol. The van der Waals surface area contributed by atoms with Gasteiger partial charge in [0.25, 0.3) is 15.9 Å². The molecule has 0 atom stereocenters. The van der Waals surface area contributed by atoms with E-state index >= 15 is 0 Å². The Morgan fingerprint density at radius 3 is 2.72 bits per heavy atom. The molecule has 0 bridgehead atoms. The van der Waals surface area contributed by atoms with Gasteiger partial charge in [0.2, 0.25) is 0 Å². The number of esters is 1. The summed E-state index contributed by atoms with van der Waals surface area (Å²) in [5.74, 6) is -0.110. The predicted molar refractivity (Wildman–Crippen MR) is 96.1 cm³/mol. The number of hydrogen-bond acceptors (Lipinski definition) is 7. The van der Waals surface area contributed by atoms with Crippen LogP contribution in [0.1, 0.15) is 15.2 Å². The number of thioether (sulfide) groups is 1. The number of ether oxygens (including phenoxy) is 1. The molecule has 0 saturated carbocycles. The molecule has 1 aliphatic rings. The molecular formula is C16H15NO5S3. The summed E-state index contributed by atoms with van der Waals surface area (Å²) in [6, 6.07) is 9.99. The molecule has 2 heterocycles. The van der Waals surface area contributed by atoms with Crippen molar-refractivity contribution in [3.63, 3.8) is 0 Å². The fourth-order valence-electron chi connectivity index (χ4n) is 2.37. The number of fused-ring (bicyclic) bond motifs is 1. The van der Waals surface area contributed by atoms with Crippen LogP contribution in [0.5, 0.6) is 0 Å². The minimum absolute atomic E-state index is 0.00201. The van der Waals surface area contributed by atoms with Crippen molar-refractivity contribution in [2.75, 3.05) is 18.9 Å². The maximum atomic E-state index is 12.3. The maximum absolute atomic E-state index is 12.3. The number of carbonyl (C=O) groups is 2. The molecule has 0 unspecified atom stereocenters. The van der Waals surface area contributed by atoms with Gasteiger partial charge < -0.3 is 4.74 Å². The van der Waals surface area contributed by atoms with Crippen molar-refractivity contribution >= 4 is 45.0 Å². The quantitative estimate of drug-likeness (QED) is 0.667. The summed E-state index contributed by atoms with van der Waals surface area (Å²) in [5.41, 5.74) is 0.153. The van der Waals surface area contributed by atoms with E-state index in [1.54, 1.807) is 23.5 Å².